The van der Waals surface area contributed by atoms with E-state index >= 15 is 0 Å². The van der Waals surface area contributed by atoms with Gasteiger partial charge in [0.05, 0.1) is 0 Å². The topological polar surface area (TPSA) is 34.1 Å². The molecule has 2 heteroatoms. The van der Waals surface area contributed by atoms with E-state index in [9.17, 15) is 9.59 Å². The molecule has 4 aliphatic rings. The number of fused-ring (bicyclic) bond motifs is 5. The summed E-state index contributed by atoms with van der Waals surface area (Å²) in [5.74, 6) is 2.64. The zero-order chi connectivity index (χ0) is 15.5. The standard InChI is InChI=1S/C20H26O2/c1-3-20-11-8-14(21)12-13(20)4-5-15-16-6-7-18(22)19(16,2)10-9-17(15)20/h3-4,15-17H,1,5-12H2,2H3/t15-,16-,17-,19-,20?/m0/s1. The summed E-state index contributed by atoms with van der Waals surface area (Å²) in [4.78, 5) is 24.3. The Kier molecular flexibility index (Phi) is 3.05. The van der Waals surface area contributed by atoms with Crippen molar-refractivity contribution in [2.75, 3.05) is 0 Å². The summed E-state index contributed by atoms with van der Waals surface area (Å²) in [6, 6.07) is 0. The molecule has 0 spiro atoms. The maximum absolute atomic E-state index is 12.4. The Bertz CT molecular complexity index is 587. The van der Waals surface area contributed by atoms with Gasteiger partial charge in [-0.15, -0.1) is 6.58 Å². The Morgan fingerprint density at radius 2 is 2.00 bits per heavy atom. The van der Waals surface area contributed by atoms with Crippen molar-refractivity contribution in [2.45, 2.75) is 58.3 Å². The molecule has 3 saturated carbocycles. The Hall–Kier alpha value is -1.18. The lowest BCUT2D eigenvalue weighted by atomic mass is 9.47. The van der Waals surface area contributed by atoms with Gasteiger partial charge in [-0.1, -0.05) is 24.6 Å². The van der Waals surface area contributed by atoms with Crippen LogP contribution in [0.1, 0.15) is 58.3 Å². The third-order valence-electron chi connectivity index (χ3n) is 7.61. The number of ketones is 2. The van der Waals surface area contributed by atoms with Gasteiger partial charge in [-0.3, -0.25) is 9.59 Å². The van der Waals surface area contributed by atoms with Crippen molar-refractivity contribution in [3.8, 4) is 0 Å². The lowest BCUT2D eigenvalue weighted by molar-refractivity contribution is -0.131. The van der Waals surface area contributed by atoms with E-state index in [1.54, 1.807) is 0 Å². The van der Waals surface area contributed by atoms with Gasteiger partial charge in [-0.25, -0.2) is 0 Å². The van der Waals surface area contributed by atoms with Crippen LogP contribution in [0.25, 0.3) is 0 Å². The fraction of sp³-hybridized carbons (Fsp3) is 0.700. The van der Waals surface area contributed by atoms with Crippen molar-refractivity contribution < 1.29 is 9.59 Å². The van der Waals surface area contributed by atoms with Crippen molar-refractivity contribution >= 4 is 11.6 Å². The van der Waals surface area contributed by atoms with E-state index in [4.69, 9.17) is 0 Å². The average molecular weight is 298 g/mol. The van der Waals surface area contributed by atoms with Gasteiger partial charge in [0.15, 0.2) is 0 Å². The van der Waals surface area contributed by atoms with Crippen molar-refractivity contribution in [2.24, 2.45) is 28.6 Å². The molecule has 4 aliphatic carbocycles. The summed E-state index contributed by atoms with van der Waals surface area (Å²) in [5, 5.41) is 0. The number of hydrogen-bond acceptors (Lipinski definition) is 2. The van der Waals surface area contributed by atoms with E-state index in [1.165, 1.54) is 5.57 Å². The Morgan fingerprint density at radius 3 is 2.77 bits per heavy atom. The molecule has 118 valence electrons. The molecule has 22 heavy (non-hydrogen) atoms. The molecule has 0 bridgehead atoms. The molecule has 0 aromatic rings. The lowest BCUT2D eigenvalue weighted by Gasteiger charge is -2.56. The predicted molar refractivity (Wildman–Crippen MR) is 86.2 cm³/mol. The molecule has 0 N–H and O–H groups in total. The largest absolute Gasteiger partial charge is 0.299 e. The quantitative estimate of drug-likeness (QED) is 0.678. The highest BCUT2D eigenvalue weighted by Crippen LogP contribution is 2.64. The zero-order valence-corrected chi connectivity index (χ0v) is 13.6. The molecule has 4 rings (SSSR count). The molecule has 0 aromatic heterocycles. The first-order valence-corrected chi connectivity index (χ1v) is 8.89. The predicted octanol–water partition coefficient (Wildman–Crippen LogP) is 4.25. The molecule has 0 radical (unpaired) electrons. The van der Waals surface area contributed by atoms with Crippen LogP contribution in [-0.2, 0) is 9.59 Å². The van der Waals surface area contributed by atoms with Crippen LogP contribution in [0.5, 0.6) is 0 Å². The van der Waals surface area contributed by atoms with Crippen molar-refractivity contribution in [3.63, 3.8) is 0 Å². The second kappa shape index (κ2) is 4.66. The van der Waals surface area contributed by atoms with Crippen LogP contribution in [0.3, 0.4) is 0 Å². The summed E-state index contributed by atoms with van der Waals surface area (Å²) < 4.78 is 0. The molecule has 0 saturated heterocycles. The number of Topliss-reactive ketones (excluding diaryl/α,β-unsaturated/α-hetero) is 2. The van der Waals surface area contributed by atoms with Gasteiger partial charge >= 0.3 is 0 Å². The lowest BCUT2D eigenvalue weighted by Crippen LogP contribution is -2.50. The number of allylic oxidation sites excluding steroid dienone is 3. The monoisotopic (exact) mass is 298 g/mol. The van der Waals surface area contributed by atoms with Crippen molar-refractivity contribution in [1.82, 2.24) is 0 Å². The highest BCUT2D eigenvalue weighted by Gasteiger charge is 2.59. The van der Waals surface area contributed by atoms with Gasteiger partial charge < -0.3 is 0 Å². The van der Waals surface area contributed by atoms with Crippen LogP contribution < -0.4 is 0 Å². The molecule has 0 amide bonds. The molecular formula is C20H26O2. The van der Waals surface area contributed by atoms with Gasteiger partial charge in [0, 0.05) is 30.1 Å². The Morgan fingerprint density at radius 1 is 1.18 bits per heavy atom. The van der Waals surface area contributed by atoms with E-state index in [0.717, 1.165) is 38.5 Å². The molecular weight excluding hydrogens is 272 g/mol. The van der Waals surface area contributed by atoms with Crippen LogP contribution >= 0.6 is 0 Å². The van der Waals surface area contributed by atoms with Crippen LogP contribution in [0, 0.1) is 28.6 Å². The second-order valence-corrected chi connectivity index (χ2v) is 8.22. The highest BCUT2D eigenvalue weighted by atomic mass is 16.1. The fourth-order valence-electron chi connectivity index (χ4n) is 6.35. The van der Waals surface area contributed by atoms with E-state index in [1.807, 2.05) is 0 Å². The SMILES string of the molecule is C=CC12CCC(=O)CC1=CC[C@@H]1[C@@H]2CC[C@]2(C)C(=O)CC[C@@H]12. The Labute approximate surface area is 133 Å². The first-order valence-electron chi connectivity index (χ1n) is 8.89. The molecule has 0 heterocycles. The summed E-state index contributed by atoms with van der Waals surface area (Å²) in [6.07, 6.45) is 11.9. The zero-order valence-electron chi connectivity index (χ0n) is 13.6. The maximum Gasteiger partial charge on any atom is 0.139 e. The van der Waals surface area contributed by atoms with Gasteiger partial charge in [0.2, 0.25) is 0 Å². The number of carbonyl (C=O) groups excluding carboxylic acids is 2. The van der Waals surface area contributed by atoms with Gasteiger partial charge in [-0.2, -0.15) is 0 Å². The van der Waals surface area contributed by atoms with E-state index in [-0.39, 0.29) is 10.8 Å². The minimum atomic E-state index is -0.0701. The molecule has 2 nitrogen and oxygen atoms in total. The van der Waals surface area contributed by atoms with Crippen molar-refractivity contribution in [1.29, 1.82) is 0 Å². The maximum atomic E-state index is 12.4. The van der Waals surface area contributed by atoms with E-state index in [2.05, 4.69) is 25.7 Å². The first kappa shape index (κ1) is 14.4. The van der Waals surface area contributed by atoms with Gasteiger partial charge in [-0.05, 0) is 49.9 Å². The normalized spacial score (nSPS) is 47.3. The summed E-state index contributed by atoms with van der Waals surface area (Å²) in [6.45, 7) is 6.39. The number of carbonyl (C=O) groups is 2. The molecule has 3 fully saturated rings. The summed E-state index contributed by atoms with van der Waals surface area (Å²) >= 11 is 0. The van der Waals surface area contributed by atoms with Crippen molar-refractivity contribution in [3.05, 3.63) is 24.3 Å². The fourth-order valence-corrected chi connectivity index (χ4v) is 6.35. The molecule has 0 aliphatic heterocycles. The van der Waals surface area contributed by atoms with Crippen LogP contribution in [0.4, 0.5) is 0 Å². The van der Waals surface area contributed by atoms with E-state index in [0.29, 0.717) is 42.2 Å². The first-order chi connectivity index (χ1) is 10.5. The Balaban J connectivity index is 1.75. The van der Waals surface area contributed by atoms with E-state index < -0.39 is 0 Å². The number of rotatable bonds is 1. The number of hydrogen-bond donors (Lipinski definition) is 0. The molecule has 5 atom stereocenters. The van der Waals surface area contributed by atoms with Crippen LogP contribution in [0.2, 0.25) is 0 Å². The highest BCUT2D eigenvalue weighted by molar-refractivity contribution is 5.87. The average Bonchev–Trinajstić information content (AvgIpc) is 2.82. The third-order valence-corrected chi connectivity index (χ3v) is 7.61. The van der Waals surface area contributed by atoms with Gasteiger partial charge in [0.25, 0.3) is 0 Å². The smallest absolute Gasteiger partial charge is 0.139 e. The molecule has 0 aromatic carbocycles. The minimum absolute atomic E-state index is 0.0454. The molecule has 1 unspecified atom stereocenters. The second-order valence-electron chi connectivity index (χ2n) is 8.22. The van der Waals surface area contributed by atoms with Crippen LogP contribution in [-0.4, -0.2) is 11.6 Å². The summed E-state index contributed by atoms with van der Waals surface area (Å²) in [5.41, 5.74) is 1.32. The minimum Gasteiger partial charge on any atom is -0.299 e. The third kappa shape index (κ3) is 1.67. The summed E-state index contributed by atoms with van der Waals surface area (Å²) in [7, 11) is 0. The van der Waals surface area contributed by atoms with Gasteiger partial charge in [0.1, 0.15) is 11.6 Å². The van der Waals surface area contributed by atoms with Crippen LogP contribution in [0.15, 0.2) is 24.3 Å².